The van der Waals surface area contributed by atoms with Gasteiger partial charge in [0.05, 0.1) is 35.9 Å². The van der Waals surface area contributed by atoms with E-state index in [1.54, 1.807) is 80.5 Å². The van der Waals surface area contributed by atoms with Gasteiger partial charge in [0.25, 0.3) is 0 Å². The van der Waals surface area contributed by atoms with Gasteiger partial charge in [0.15, 0.2) is 0 Å². The van der Waals surface area contributed by atoms with Crippen LogP contribution >= 0.6 is 0 Å². The van der Waals surface area contributed by atoms with Crippen LogP contribution in [0.5, 0.6) is 0 Å². The molecular weight excluding hydrogens is 1630 g/mol. The van der Waals surface area contributed by atoms with Crippen molar-refractivity contribution in [2.75, 3.05) is 0 Å². The zero-order chi connectivity index (χ0) is 86.8. The van der Waals surface area contributed by atoms with Gasteiger partial charge in [-0.1, -0.05) is 383 Å². The van der Waals surface area contributed by atoms with E-state index in [9.17, 15) is 19.2 Å². The molecule has 9 atom stereocenters. The Kier molecular flexibility index (Phi) is 50.8. The lowest BCUT2D eigenvalue weighted by atomic mass is 9.56. The Bertz CT molecular complexity index is 3520. The molecular formula is C101H184O7Si11. The van der Waals surface area contributed by atoms with Crippen molar-refractivity contribution in [3.8, 4) is 0 Å². The number of esters is 4. The van der Waals surface area contributed by atoms with Gasteiger partial charge in [0.2, 0.25) is 0 Å². The first-order valence-electron chi connectivity index (χ1n) is 48.1. The van der Waals surface area contributed by atoms with Crippen molar-refractivity contribution in [3.63, 3.8) is 0 Å². The van der Waals surface area contributed by atoms with E-state index in [4.69, 9.17) is 4.74 Å². The molecule has 5 aromatic carbocycles. The molecule has 0 aromatic heterocycles. The minimum Gasteiger partial charge on any atom is -0.393 e. The third-order valence-electron chi connectivity index (χ3n) is 27.8. The molecule has 14 fully saturated rings. The monoisotopic (exact) mass is 1820 g/mol. The molecule has 11 aliphatic carbocycles. The van der Waals surface area contributed by atoms with Gasteiger partial charge >= 0.3 is 23.9 Å². The number of benzene rings is 5. The third-order valence-corrected chi connectivity index (χ3v) is 38.6. The molecule has 15 aliphatic rings. The molecule has 9 unspecified atom stereocenters. The van der Waals surface area contributed by atoms with Gasteiger partial charge in [-0.05, 0) is 182 Å². The zero-order valence-electron chi connectivity index (χ0n) is 80.2. The second kappa shape index (κ2) is 54.9. The lowest BCUT2D eigenvalue weighted by Crippen LogP contribution is -2.42. The standard InChI is InChI=1S/C10H18Si.C10H14Si.C10H10Si.C9H10O3.C9H14Si.C8H8O4.C7H16Si.2C6H14Si.C6H8Si.C5H12Si.C5H14Si.C4H12Si.2C2H6.2CH4/c11-10-4-7-1-8(5-10)3-9(2-7)6-10;2*11-10-6-5-8-3-1-2-4-9(8)7-10;10-8-6-4-1-2-5(3-4)7(6)9(11)12-8;1-6-4-7(2)9(10)8(3)5-6;9-7-5-3-1-2-4(11-3)6(5)8(10)12-7;1-2-7(8)5-3-4-6-7;1-6(7)4-2-3-5-6;2*7-6-4-2-1-3-5-6;6-5-3-1-2-4-5;1-4-5(2,3)6;1-4(2,3)5;2*1-2;;/h7-9H,1-6H2,11H3;1-4,10H,5-7H2,11H3;1-7H,11H3;4-7H,1-3H2;4-5H,1-3,10H3;3-6H,1-2H2;2-6H2,1,8H3;2-5H2,1,7H3;6H,1-5H2,7H3;1-5H,7H3;5H,1-4H2,6H3;4H2,1-3,6H3;1-3,5H3;2*1-2H3;2*1H4. The molecule has 674 valence electrons. The Morgan fingerprint density at radius 1 is 0.445 bits per heavy atom. The molecule has 0 spiro atoms. The summed E-state index contributed by atoms with van der Waals surface area (Å²) >= 11 is 0. The van der Waals surface area contributed by atoms with Crippen LogP contribution in [0.4, 0.5) is 0 Å². The van der Waals surface area contributed by atoms with Gasteiger partial charge in [-0.2, -0.15) is 0 Å². The molecule has 10 saturated carbocycles. The van der Waals surface area contributed by atoms with Crippen molar-refractivity contribution in [2.24, 2.45) is 53.3 Å². The molecule has 4 saturated heterocycles. The number of hydrogen-bond donors (Lipinski definition) is 0. The van der Waals surface area contributed by atoms with E-state index < -0.39 is 0 Å². The summed E-state index contributed by atoms with van der Waals surface area (Å²) < 4.78 is 14.6. The fourth-order valence-electron chi connectivity index (χ4n) is 20.6. The largest absolute Gasteiger partial charge is 0.393 e. The Morgan fingerprint density at radius 2 is 0.840 bits per heavy atom. The summed E-state index contributed by atoms with van der Waals surface area (Å²) in [5, 5.41) is 11.2. The highest BCUT2D eigenvalue weighted by Crippen LogP contribution is 2.62. The highest BCUT2D eigenvalue weighted by Gasteiger charge is 2.62. The van der Waals surface area contributed by atoms with Crippen molar-refractivity contribution >= 4 is 163 Å². The molecule has 8 bridgehead atoms. The third kappa shape index (κ3) is 39.4. The quantitative estimate of drug-likeness (QED) is 0.0987. The molecule has 0 N–H and O–H groups in total. The summed E-state index contributed by atoms with van der Waals surface area (Å²) in [6.07, 6.45) is 47.6. The summed E-state index contributed by atoms with van der Waals surface area (Å²) in [5.41, 5.74) is 10.9. The topological polar surface area (TPSA) is 96.0 Å². The van der Waals surface area contributed by atoms with E-state index in [1.807, 2.05) is 33.8 Å². The highest BCUT2D eigenvalue weighted by molar-refractivity contribution is 6.34. The smallest absolute Gasteiger partial charge is 0.320 e. The van der Waals surface area contributed by atoms with E-state index in [0.29, 0.717) is 21.9 Å². The molecule has 119 heavy (non-hydrogen) atoms. The van der Waals surface area contributed by atoms with Crippen LogP contribution in [0.3, 0.4) is 0 Å². The fourth-order valence-corrected chi connectivity index (χ4v) is 27.2. The molecule has 0 radical (unpaired) electrons. The van der Waals surface area contributed by atoms with Crippen molar-refractivity contribution in [1.82, 2.24) is 0 Å². The summed E-state index contributed by atoms with van der Waals surface area (Å²) in [6.45, 7) is 32.9. The maximum absolute atomic E-state index is 11.2. The normalized spacial score (nSPS) is 27.7. The lowest BCUT2D eigenvalue weighted by molar-refractivity contribution is -0.157. The number of fused-ring (bicyclic) bond motifs is 12. The van der Waals surface area contributed by atoms with Crippen LogP contribution in [0.25, 0.3) is 10.8 Å². The molecule has 5 aromatic rings. The Labute approximate surface area is 765 Å². The SMILES string of the molecule is C.C.CC.CC.CC(C)(C)[SiH3].CC1([SiH3])CCCC1.CCC(C)(C)[SiH3].CCC1([SiH3])CCCC1.Cc1cc(C)c([SiH3])c(C)c1.O=C1OC(=O)C2C3CCC(C3)C12.O=C1OC(=O)C2C3CCC(O3)C12.[SiH3]C12CC3CC(CC(C3)C1)C2.[SiH3]C1CCCC1.[SiH3]C1CCCCC1.[SiH3]C1CCc2ccccc2C1.[SiH3]c1ccc2ccccc2c1.[SiH3]c1ccccc1. The minimum atomic E-state index is -0.378. The molecule has 4 heterocycles. The second-order valence-corrected chi connectivity index (χ2v) is 62.9. The van der Waals surface area contributed by atoms with E-state index >= 15 is 0 Å². The van der Waals surface area contributed by atoms with Gasteiger partial charge in [-0.15, -0.1) is 0 Å². The predicted molar refractivity (Wildman–Crippen MR) is 565 cm³/mol. The fraction of sp³-hybridized carbons (Fsp3) is 0.683. The minimum absolute atomic E-state index is 0. The number of carbonyl (C=O) groups is 4. The van der Waals surface area contributed by atoms with Crippen LogP contribution in [-0.2, 0) is 46.2 Å². The highest BCUT2D eigenvalue weighted by atomic mass is 28.2. The van der Waals surface area contributed by atoms with Gasteiger partial charge < -0.3 is 14.2 Å². The van der Waals surface area contributed by atoms with Gasteiger partial charge in [-0.3, -0.25) is 19.2 Å². The molecule has 0 amide bonds. The Hall–Kier alpha value is -3.01. The molecule has 20 rings (SSSR count). The Morgan fingerprint density at radius 3 is 1.20 bits per heavy atom. The predicted octanol–water partition coefficient (Wildman–Crippen LogP) is 14.0. The number of aryl methyl sites for hydroxylation is 4. The summed E-state index contributed by atoms with van der Waals surface area (Å²) in [5.74, 6) is 2.51. The number of carbonyl (C=O) groups excluding carboxylic acids is 4. The first-order chi connectivity index (χ1) is 55.3. The second-order valence-electron chi connectivity index (χ2n) is 42.4. The van der Waals surface area contributed by atoms with Crippen LogP contribution in [-0.4, -0.2) is 149 Å². The molecule has 4 aliphatic heterocycles. The van der Waals surface area contributed by atoms with Crippen molar-refractivity contribution in [3.05, 3.63) is 137 Å². The molecule has 18 heteroatoms. The van der Waals surface area contributed by atoms with Crippen molar-refractivity contribution in [1.29, 1.82) is 0 Å². The average Bonchev–Trinajstić information content (AvgIpc) is 1.71. The Balaban J connectivity index is 0.000000334. The zero-order valence-corrected chi connectivity index (χ0v) is 102. The van der Waals surface area contributed by atoms with Gasteiger partial charge in [0, 0.05) is 113 Å². The van der Waals surface area contributed by atoms with Crippen LogP contribution in [0, 0.1) is 74.0 Å². The number of ether oxygens (including phenoxy) is 3. The van der Waals surface area contributed by atoms with E-state index in [-0.39, 0.29) is 74.6 Å². The van der Waals surface area contributed by atoms with Gasteiger partial charge in [0.1, 0.15) is 0 Å². The average molecular weight is 1820 g/mol. The van der Waals surface area contributed by atoms with E-state index in [1.165, 1.54) is 285 Å². The maximum atomic E-state index is 11.2. The van der Waals surface area contributed by atoms with Crippen LogP contribution < -0.4 is 15.6 Å². The van der Waals surface area contributed by atoms with Gasteiger partial charge in [-0.25, -0.2) is 0 Å². The first-order valence-corrected chi connectivity index (χ1v) is 59.5. The number of hydrogen-bond acceptors (Lipinski definition) is 7. The van der Waals surface area contributed by atoms with Crippen LogP contribution in [0.15, 0.2) is 109 Å². The summed E-state index contributed by atoms with van der Waals surface area (Å²) in [7, 11) is 14.7. The summed E-state index contributed by atoms with van der Waals surface area (Å²) in [4.78, 5) is 44.7. The number of rotatable bonds is 2. The first kappa shape index (κ1) is 110. The number of cyclic esters (lactones) is 4. The lowest BCUT2D eigenvalue weighted by Gasteiger charge is -2.55. The maximum Gasteiger partial charge on any atom is 0.320 e. The van der Waals surface area contributed by atoms with E-state index in [0.717, 1.165) is 63.0 Å². The summed E-state index contributed by atoms with van der Waals surface area (Å²) in [6, 6.07) is 39.0. The van der Waals surface area contributed by atoms with Crippen molar-refractivity contribution < 1.29 is 33.4 Å². The van der Waals surface area contributed by atoms with E-state index in [2.05, 4.69) is 189 Å². The van der Waals surface area contributed by atoms with Crippen LogP contribution in [0.1, 0.15) is 325 Å². The molecule has 7 nitrogen and oxygen atoms in total. The van der Waals surface area contributed by atoms with Crippen LogP contribution in [0.2, 0.25) is 41.8 Å². The van der Waals surface area contributed by atoms with Crippen molar-refractivity contribution in [2.45, 2.75) is 385 Å².